The zero-order valence-electron chi connectivity index (χ0n) is 19.6. The molecule has 0 saturated heterocycles. The lowest BCUT2D eigenvalue weighted by atomic mass is 10.1. The summed E-state index contributed by atoms with van der Waals surface area (Å²) in [7, 11) is 3.11. The largest absolute Gasteiger partial charge is 0.493 e. The molecular weight excluding hydrogens is 456 g/mol. The summed E-state index contributed by atoms with van der Waals surface area (Å²) >= 11 is 0. The van der Waals surface area contributed by atoms with E-state index in [-0.39, 0.29) is 12.1 Å². The van der Waals surface area contributed by atoms with Crippen molar-refractivity contribution in [3.8, 4) is 28.7 Å². The third-order valence-corrected chi connectivity index (χ3v) is 5.87. The Bertz CT molecular complexity index is 1660. The van der Waals surface area contributed by atoms with Gasteiger partial charge >= 0.3 is 0 Å². The van der Waals surface area contributed by atoms with Gasteiger partial charge in [0.05, 0.1) is 25.9 Å². The van der Waals surface area contributed by atoms with Crippen LogP contribution in [0.3, 0.4) is 0 Å². The van der Waals surface area contributed by atoms with Crippen LogP contribution in [0.4, 0.5) is 0 Å². The van der Waals surface area contributed by atoms with E-state index >= 15 is 0 Å². The molecule has 9 heteroatoms. The van der Waals surface area contributed by atoms with Crippen LogP contribution in [0.15, 0.2) is 72.8 Å². The van der Waals surface area contributed by atoms with E-state index < -0.39 is 5.91 Å². The van der Waals surface area contributed by atoms with Gasteiger partial charge in [-0.05, 0) is 42.0 Å². The summed E-state index contributed by atoms with van der Waals surface area (Å²) in [6.45, 7) is 0.229. The van der Waals surface area contributed by atoms with Crippen molar-refractivity contribution in [2.24, 2.45) is 0 Å². The summed E-state index contributed by atoms with van der Waals surface area (Å²) in [6.07, 6.45) is 8.75. The Morgan fingerprint density at radius 1 is 1.17 bits per heavy atom. The molecule has 0 saturated carbocycles. The Balaban J connectivity index is 1.41. The van der Waals surface area contributed by atoms with E-state index in [0.29, 0.717) is 22.7 Å². The number of carbonyl (C=O) groups excluding carboxylic acids is 1. The molecule has 5 rings (SSSR count). The lowest BCUT2D eigenvalue weighted by molar-refractivity contribution is -0.117. The van der Waals surface area contributed by atoms with Crippen molar-refractivity contribution >= 4 is 28.5 Å². The summed E-state index contributed by atoms with van der Waals surface area (Å²) in [4.78, 5) is 20.4. The van der Waals surface area contributed by atoms with E-state index in [9.17, 15) is 10.1 Å². The topological polar surface area (TPSA) is 117 Å². The van der Waals surface area contributed by atoms with Crippen LogP contribution >= 0.6 is 0 Å². The molecule has 0 fully saturated rings. The van der Waals surface area contributed by atoms with Crippen LogP contribution < -0.4 is 14.8 Å². The fourth-order valence-electron chi connectivity index (χ4n) is 4.02. The maximum absolute atomic E-state index is 12.8. The lowest BCUT2D eigenvalue weighted by Gasteiger charge is -2.10. The van der Waals surface area contributed by atoms with Crippen LogP contribution in [0.1, 0.15) is 11.1 Å². The highest BCUT2D eigenvalue weighted by atomic mass is 16.5. The molecule has 2 N–H and O–H groups in total. The predicted octanol–water partition coefficient (Wildman–Crippen LogP) is 4.12. The number of hydrogen-bond donors (Lipinski definition) is 2. The number of nitriles is 1. The van der Waals surface area contributed by atoms with Gasteiger partial charge in [-0.1, -0.05) is 12.1 Å². The number of carbonyl (C=O) groups is 1. The molecule has 0 aliphatic rings. The van der Waals surface area contributed by atoms with Crippen LogP contribution in [-0.2, 0) is 11.3 Å². The van der Waals surface area contributed by atoms with Crippen LogP contribution in [-0.4, -0.2) is 39.7 Å². The van der Waals surface area contributed by atoms with Crippen LogP contribution in [0.5, 0.6) is 11.5 Å². The molecule has 1 amide bonds. The first-order valence-electron chi connectivity index (χ1n) is 11.1. The van der Waals surface area contributed by atoms with Crippen molar-refractivity contribution < 1.29 is 14.3 Å². The lowest BCUT2D eigenvalue weighted by Crippen LogP contribution is -2.24. The molecule has 0 radical (unpaired) electrons. The highest BCUT2D eigenvalue weighted by Crippen LogP contribution is 2.29. The van der Waals surface area contributed by atoms with Gasteiger partial charge in [0.15, 0.2) is 11.5 Å². The van der Waals surface area contributed by atoms with Crippen molar-refractivity contribution in [1.29, 1.82) is 5.26 Å². The quantitative estimate of drug-likeness (QED) is 0.268. The molecule has 4 heterocycles. The second-order valence-electron chi connectivity index (χ2n) is 7.99. The van der Waals surface area contributed by atoms with Crippen molar-refractivity contribution in [1.82, 2.24) is 24.9 Å². The Morgan fingerprint density at radius 3 is 2.83 bits per heavy atom. The van der Waals surface area contributed by atoms with Crippen molar-refractivity contribution in [3.63, 3.8) is 0 Å². The summed E-state index contributed by atoms with van der Waals surface area (Å²) < 4.78 is 12.3. The number of aromatic nitrogens is 4. The van der Waals surface area contributed by atoms with E-state index in [1.54, 1.807) is 55.5 Å². The number of aromatic amines is 1. The van der Waals surface area contributed by atoms with Crippen molar-refractivity contribution in [2.45, 2.75) is 6.54 Å². The number of ether oxygens (including phenoxy) is 2. The fraction of sp³-hybridized carbons (Fsp3) is 0.111. The first-order valence-corrected chi connectivity index (χ1v) is 11.1. The minimum absolute atomic E-state index is 0.0160. The minimum Gasteiger partial charge on any atom is -0.493 e. The average Bonchev–Trinajstić information content (AvgIpc) is 3.53. The highest BCUT2D eigenvalue weighted by molar-refractivity contribution is 6.04. The molecule has 0 atom stereocenters. The average molecular weight is 479 g/mol. The molecule has 0 aliphatic carbocycles. The van der Waals surface area contributed by atoms with Crippen LogP contribution in [0.2, 0.25) is 0 Å². The van der Waals surface area contributed by atoms with Gasteiger partial charge in [0.25, 0.3) is 5.91 Å². The number of hydrogen-bond acceptors (Lipinski definition) is 6. The number of H-pyrrole nitrogens is 1. The molecule has 4 aromatic heterocycles. The van der Waals surface area contributed by atoms with Crippen LogP contribution in [0.25, 0.3) is 33.8 Å². The number of amides is 1. The van der Waals surface area contributed by atoms with E-state index in [4.69, 9.17) is 9.47 Å². The zero-order chi connectivity index (χ0) is 25.1. The normalized spacial score (nSPS) is 11.4. The van der Waals surface area contributed by atoms with Crippen LogP contribution in [0, 0.1) is 11.3 Å². The van der Waals surface area contributed by atoms with Crippen molar-refractivity contribution in [3.05, 3.63) is 84.0 Å². The maximum atomic E-state index is 12.8. The van der Waals surface area contributed by atoms with Gasteiger partial charge < -0.3 is 19.8 Å². The molecule has 1 aromatic carbocycles. The SMILES string of the molecule is COc1ccc(CNC(=O)/C(C#N)=C/c2c[nH]c3ncc(-c4cnn5ccccc45)cc23)cc1OC. The first-order chi connectivity index (χ1) is 17.6. The first kappa shape index (κ1) is 22.7. The molecule has 0 unspecified atom stereocenters. The van der Waals surface area contributed by atoms with Crippen molar-refractivity contribution in [2.75, 3.05) is 14.2 Å². The van der Waals surface area contributed by atoms with E-state index in [1.807, 2.05) is 42.6 Å². The second-order valence-corrected chi connectivity index (χ2v) is 7.99. The number of benzene rings is 1. The van der Waals surface area contributed by atoms with E-state index in [2.05, 4.69) is 20.4 Å². The molecule has 178 valence electrons. The zero-order valence-corrected chi connectivity index (χ0v) is 19.6. The standard InChI is InChI=1S/C27H22N6O3/c1-35-24-7-6-17(9-25(24)36-2)13-31-27(34)18(12-28)10-19-14-29-26-21(19)11-20(15-30-26)22-16-32-33-8-4-3-5-23(22)33/h3-11,14-16H,13H2,1-2H3,(H,29,30)(H,31,34)/b18-10+. The minimum atomic E-state index is -0.478. The maximum Gasteiger partial charge on any atom is 0.262 e. The molecule has 36 heavy (non-hydrogen) atoms. The summed E-state index contributed by atoms with van der Waals surface area (Å²) in [5, 5.41) is 17.7. The Labute approximate surface area is 206 Å². The highest BCUT2D eigenvalue weighted by Gasteiger charge is 2.14. The number of nitrogens with one attached hydrogen (secondary N) is 2. The number of rotatable bonds is 7. The van der Waals surface area contributed by atoms with E-state index in [0.717, 1.165) is 27.6 Å². The molecular formula is C27H22N6O3. The summed E-state index contributed by atoms with van der Waals surface area (Å²) in [5.41, 5.74) is 4.92. The Kier molecular flexibility index (Phi) is 6.07. The molecule has 0 bridgehead atoms. The second kappa shape index (κ2) is 9.64. The van der Waals surface area contributed by atoms with E-state index in [1.165, 1.54) is 0 Å². The molecule has 0 spiro atoms. The number of nitrogens with zero attached hydrogens (tertiary/aromatic N) is 4. The Morgan fingerprint density at radius 2 is 2.03 bits per heavy atom. The van der Waals surface area contributed by atoms with Gasteiger partial charge in [-0.2, -0.15) is 10.4 Å². The summed E-state index contributed by atoms with van der Waals surface area (Å²) in [5.74, 6) is 0.684. The van der Waals surface area contributed by atoms with Gasteiger partial charge in [-0.3, -0.25) is 4.79 Å². The number of methoxy groups -OCH3 is 2. The van der Waals surface area contributed by atoms with Gasteiger partial charge in [-0.15, -0.1) is 0 Å². The monoisotopic (exact) mass is 478 g/mol. The summed E-state index contributed by atoms with van der Waals surface area (Å²) in [6, 6.07) is 15.2. The molecule has 0 aliphatic heterocycles. The van der Waals surface area contributed by atoms with Gasteiger partial charge in [-0.25, -0.2) is 9.50 Å². The predicted molar refractivity (Wildman–Crippen MR) is 135 cm³/mol. The van der Waals surface area contributed by atoms with Gasteiger partial charge in [0, 0.05) is 47.2 Å². The molecule has 9 nitrogen and oxygen atoms in total. The fourth-order valence-corrected chi connectivity index (χ4v) is 4.02. The van der Waals surface area contributed by atoms with Gasteiger partial charge in [0.2, 0.25) is 0 Å². The molecule has 5 aromatic rings. The smallest absolute Gasteiger partial charge is 0.262 e. The third-order valence-electron chi connectivity index (χ3n) is 5.87. The number of fused-ring (bicyclic) bond motifs is 2. The van der Waals surface area contributed by atoms with Gasteiger partial charge in [0.1, 0.15) is 17.3 Å². The number of pyridine rings is 2. The Hall–Kier alpha value is -5.10. The third kappa shape index (κ3) is 4.23.